The van der Waals surface area contributed by atoms with Gasteiger partial charge in [0.05, 0.1) is 5.69 Å². The highest BCUT2D eigenvalue weighted by Gasteiger charge is 2.30. The van der Waals surface area contributed by atoms with Crippen LogP contribution >= 0.6 is 11.3 Å². The number of nitrogens with one attached hydrogen (secondary N) is 1. The van der Waals surface area contributed by atoms with E-state index in [2.05, 4.69) is 17.3 Å². The summed E-state index contributed by atoms with van der Waals surface area (Å²) in [5.41, 5.74) is 1.39. The first-order valence-corrected chi connectivity index (χ1v) is 8.98. The normalized spacial score (nSPS) is 20.9. The van der Waals surface area contributed by atoms with Crippen LogP contribution in [0.1, 0.15) is 67.9 Å². The van der Waals surface area contributed by atoms with Crippen LogP contribution in [0.25, 0.3) is 0 Å². The lowest BCUT2D eigenvalue weighted by Crippen LogP contribution is -2.30. The Morgan fingerprint density at radius 2 is 1.85 bits per heavy atom. The Morgan fingerprint density at radius 3 is 2.45 bits per heavy atom. The van der Waals surface area contributed by atoms with Gasteiger partial charge in [-0.05, 0) is 32.7 Å². The third kappa shape index (κ3) is 3.17. The summed E-state index contributed by atoms with van der Waals surface area (Å²) >= 11 is 1.91. The average Bonchev–Trinajstić information content (AvgIpc) is 3.25. The van der Waals surface area contributed by atoms with Gasteiger partial charge < -0.3 is 10.2 Å². The summed E-state index contributed by atoms with van der Waals surface area (Å²) in [6.07, 6.45) is 11.0. The summed E-state index contributed by atoms with van der Waals surface area (Å²) in [7, 11) is 4.29. The van der Waals surface area contributed by atoms with E-state index in [1.165, 1.54) is 67.1 Å². The zero-order valence-electron chi connectivity index (χ0n) is 12.8. The van der Waals surface area contributed by atoms with Gasteiger partial charge in [-0.15, -0.1) is 11.3 Å². The predicted molar refractivity (Wildman–Crippen MR) is 86.7 cm³/mol. The van der Waals surface area contributed by atoms with Gasteiger partial charge >= 0.3 is 0 Å². The molecule has 0 aromatic carbocycles. The van der Waals surface area contributed by atoms with Crippen molar-refractivity contribution in [3.63, 3.8) is 0 Å². The third-order valence-electron chi connectivity index (χ3n) is 4.69. The fraction of sp³-hybridized carbons (Fsp3) is 0.812. The number of aromatic nitrogens is 1. The van der Waals surface area contributed by atoms with Crippen LogP contribution in [0.2, 0.25) is 0 Å². The predicted octanol–water partition coefficient (Wildman–Crippen LogP) is 3.90. The topological polar surface area (TPSA) is 28.2 Å². The molecule has 0 radical (unpaired) electrons. The van der Waals surface area contributed by atoms with Crippen molar-refractivity contribution in [3.8, 4) is 0 Å². The van der Waals surface area contributed by atoms with Crippen molar-refractivity contribution in [1.82, 2.24) is 10.3 Å². The van der Waals surface area contributed by atoms with E-state index >= 15 is 0 Å². The van der Waals surface area contributed by atoms with Crippen LogP contribution in [-0.2, 0) is 6.54 Å². The van der Waals surface area contributed by atoms with Gasteiger partial charge in [0.15, 0.2) is 5.13 Å². The van der Waals surface area contributed by atoms with Gasteiger partial charge in [0.25, 0.3) is 0 Å². The van der Waals surface area contributed by atoms with E-state index in [0.717, 1.165) is 12.5 Å². The van der Waals surface area contributed by atoms with E-state index in [0.29, 0.717) is 6.04 Å². The first kappa shape index (κ1) is 14.3. The molecule has 2 saturated carbocycles. The monoisotopic (exact) mass is 293 g/mol. The molecule has 1 N–H and O–H groups in total. The summed E-state index contributed by atoms with van der Waals surface area (Å²) in [6, 6.07) is 0.707. The van der Waals surface area contributed by atoms with Crippen LogP contribution in [0.4, 0.5) is 5.13 Å². The molecule has 0 saturated heterocycles. The maximum absolute atomic E-state index is 5.00. The minimum atomic E-state index is 0.707. The Bertz CT molecular complexity index is 431. The molecule has 0 bridgehead atoms. The first-order chi connectivity index (χ1) is 9.79. The van der Waals surface area contributed by atoms with Crippen molar-refractivity contribution in [2.75, 3.05) is 19.0 Å². The molecule has 0 amide bonds. The van der Waals surface area contributed by atoms with Crippen LogP contribution in [0.15, 0.2) is 0 Å². The van der Waals surface area contributed by atoms with Gasteiger partial charge in [0.1, 0.15) is 0 Å². The molecule has 1 aromatic rings. The molecule has 0 aliphatic heterocycles. The van der Waals surface area contributed by atoms with E-state index in [9.17, 15) is 0 Å². The number of hydrogen-bond acceptors (Lipinski definition) is 4. The number of rotatable bonds is 5. The molecule has 3 nitrogen and oxygen atoms in total. The van der Waals surface area contributed by atoms with E-state index in [1.807, 2.05) is 18.4 Å². The highest BCUT2D eigenvalue weighted by molar-refractivity contribution is 7.15. The second-order valence-electron chi connectivity index (χ2n) is 6.37. The maximum atomic E-state index is 5.00. The summed E-state index contributed by atoms with van der Waals surface area (Å²) in [5, 5.41) is 4.55. The quantitative estimate of drug-likeness (QED) is 0.835. The Hall–Kier alpha value is -0.610. The zero-order chi connectivity index (χ0) is 13.9. The summed E-state index contributed by atoms with van der Waals surface area (Å²) in [5.74, 6) is 0.755. The van der Waals surface area contributed by atoms with Crippen molar-refractivity contribution in [1.29, 1.82) is 0 Å². The molecule has 112 valence electrons. The molecule has 2 aliphatic rings. The number of anilines is 1. The molecule has 0 atom stereocenters. The summed E-state index contributed by atoms with van der Waals surface area (Å²) < 4.78 is 0. The van der Waals surface area contributed by atoms with Gasteiger partial charge in [-0.3, -0.25) is 0 Å². The Morgan fingerprint density at radius 1 is 1.15 bits per heavy atom. The van der Waals surface area contributed by atoms with E-state index in [-0.39, 0.29) is 0 Å². The Kier molecular flexibility index (Phi) is 4.61. The summed E-state index contributed by atoms with van der Waals surface area (Å²) in [6.45, 7) is 0.974. The number of thiazole rings is 1. The standard InChI is InChI=1S/C16H27N3S/c1-17-11-14-15(12-9-10-12)18-16(20-14)19(2)13-7-5-3-4-6-8-13/h12-13,17H,3-11H2,1-2H3. The number of nitrogens with zero attached hydrogens (tertiary/aromatic N) is 2. The molecule has 2 fully saturated rings. The van der Waals surface area contributed by atoms with Crippen molar-refractivity contribution in [2.45, 2.75) is 69.9 Å². The molecular weight excluding hydrogens is 266 g/mol. The maximum Gasteiger partial charge on any atom is 0.185 e. The Labute approximate surface area is 126 Å². The lowest BCUT2D eigenvalue weighted by molar-refractivity contribution is 0.552. The van der Waals surface area contributed by atoms with Gasteiger partial charge in [0, 0.05) is 30.4 Å². The minimum Gasteiger partial charge on any atom is -0.348 e. The van der Waals surface area contributed by atoms with Crippen LogP contribution < -0.4 is 10.2 Å². The second-order valence-corrected chi connectivity index (χ2v) is 7.43. The minimum absolute atomic E-state index is 0.707. The van der Waals surface area contributed by atoms with Crippen molar-refractivity contribution < 1.29 is 0 Å². The lowest BCUT2D eigenvalue weighted by atomic mass is 10.1. The highest BCUT2D eigenvalue weighted by Crippen LogP contribution is 2.44. The van der Waals surface area contributed by atoms with Gasteiger partial charge in [0.2, 0.25) is 0 Å². The molecule has 1 aromatic heterocycles. The van der Waals surface area contributed by atoms with Crippen LogP contribution in [0.5, 0.6) is 0 Å². The average molecular weight is 293 g/mol. The number of hydrogen-bond donors (Lipinski definition) is 1. The van der Waals surface area contributed by atoms with Gasteiger partial charge in [-0.25, -0.2) is 4.98 Å². The molecule has 1 heterocycles. The van der Waals surface area contributed by atoms with E-state index in [1.54, 1.807) is 0 Å². The Balaban J connectivity index is 1.76. The van der Waals surface area contributed by atoms with Crippen LogP contribution in [-0.4, -0.2) is 25.1 Å². The van der Waals surface area contributed by atoms with Crippen molar-refractivity contribution in [2.24, 2.45) is 0 Å². The van der Waals surface area contributed by atoms with Crippen LogP contribution in [0.3, 0.4) is 0 Å². The second kappa shape index (κ2) is 6.44. The smallest absolute Gasteiger partial charge is 0.185 e. The molecule has 2 aliphatic carbocycles. The molecular formula is C16H27N3S. The third-order valence-corrected chi connectivity index (χ3v) is 5.85. The highest BCUT2D eigenvalue weighted by atomic mass is 32.1. The van der Waals surface area contributed by atoms with Gasteiger partial charge in [-0.2, -0.15) is 0 Å². The largest absolute Gasteiger partial charge is 0.348 e. The summed E-state index contributed by atoms with van der Waals surface area (Å²) in [4.78, 5) is 8.94. The molecule has 20 heavy (non-hydrogen) atoms. The first-order valence-electron chi connectivity index (χ1n) is 8.16. The SMILES string of the molecule is CNCc1sc(N(C)C2CCCCCC2)nc1C1CC1. The fourth-order valence-corrected chi connectivity index (χ4v) is 4.46. The molecule has 3 rings (SSSR count). The zero-order valence-corrected chi connectivity index (χ0v) is 13.6. The van der Waals surface area contributed by atoms with Crippen LogP contribution in [0, 0.1) is 0 Å². The van der Waals surface area contributed by atoms with E-state index < -0.39 is 0 Å². The van der Waals surface area contributed by atoms with E-state index in [4.69, 9.17) is 4.98 Å². The molecule has 0 unspecified atom stereocenters. The molecule has 0 spiro atoms. The molecule has 4 heteroatoms. The van der Waals surface area contributed by atoms with Crippen molar-refractivity contribution in [3.05, 3.63) is 10.6 Å². The van der Waals surface area contributed by atoms with Gasteiger partial charge in [-0.1, -0.05) is 25.7 Å². The fourth-order valence-electron chi connectivity index (χ4n) is 3.27. The lowest BCUT2D eigenvalue weighted by Gasteiger charge is -2.26. The van der Waals surface area contributed by atoms with Crippen molar-refractivity contribution >= 4 is 16.5 Å².